The van der Waals surface area contributed by atoms with Crippen LogP contribution in [0.2, 0.25) is 0 Å². The minimum absolute atomic E-state index is 0.138. The highest BCUT2D eigenvalue weighted by Gasteiger charge is 2.48. The van der Waals surface area contributed by atoms with E-state index in [2.05, 4.69) is 25.1 Å². The Bertz CT molecular complexity index is 1190. The van der Waals surface area contributed by atoms with Crippen molar-refractivity contribution in [2.24, 2.45) is 5.92 Å². The van der Waals surface area contributed by atoms with Crippen LogP contribution in [0, 0.1) is 12.8 Å². The molecule has 2 aliphatic carbocycles. The Hall–Kier alpha value is -2.33. The smallest absolute Gasteiger partial charge is 0.237 e. The normalized spacial score (nSPS) is 24.1. The zero-order valence-corrected chi connectivity index (χ0v) is 16.5. The third-order valence-corrected chi connectivity index (χ3v) is 8.25. The van der Waals surface area contributed by atoms with Gasteiger partial charge in [0.05, 0.1) is 10.4 Å². The van der Waals surface area contributed by atoms with Gasteiger partial charge in [-0.1, -0.05) is 55.0 Å². The predicted octanol–water partition coefficient (Wildman–Crippen LogP) is 4.97. The van der Waals surface area contributed by atoms with Crippen molar-refractivity contribution in [3.8, 4) is 0 Å². The van der Waals surface area contributed by atoms with Gasteiger partial charge in [0.25, 0.3) is 10.0 Å². The van der Waals surface area contributed by atoms with Crippen molar-refractivity contribution in [2.75, 3.05) is 0 Å². The largest absolute Gasteiger partial charge is 0.268 e. The van der Waals surface area contributed by atoms with E-state index in [4.69, 9.17) is 0 Å². The second kappa shape index (κ2) is 5.59. The lowest BCUT2D eigenvalue weighted by Gasteiger charge is -2.35. The Kier molecular flexibility index (Phi) is 3.48. The predicted molar refractivity (Wildman–Crippen MR) is 109 cm³/mol. The Morgan fingerprint density at radius 1 is 1.04 bits per heavy atom. The molecule has 2 aromatic carbocycles. The standard InChI is InChI=1S/C23H23NO2S/c1-16-10-12-18(13-11-16)27(25,26)24-21-9-4-3-8-19(21)20-15-17-7-5-6-14-23(17,2)22(20)24/h3-6,8-13,17H,7,14-15H2,1-2H3/t17-,23+/m0/s1. The van der Waals surface area contributed by atoms with Gasteiger partial charge in [0.2, 0.25) is 0 Å². The van der Waals surface area contributed by atoms with Crippen molar-refractivity contribution >= 4 is 20.9 Å². The molecule has 1 aromatic heterocycles. The molecule has 1 heterocycles. The average molecular weight is 378 g/mol. The van der Waals surface area contributed by atoms with Crippen LogP contribution in [0.5, 0.6) is 0 Å². The van der Waals surface area contributed by atoms with Gasteiger partial charge in [-0.15, -0.1) is 0 Å². The molecule has 4 heteroatoms. The van der Waals surface area contributed by atoms with E-state index in [0.717, 1.165) is 41.4 Å². The summed E-state index contributed by atoms with van der Waals surface area (Å²) in [7, 11) is -3.66. The minimum atomic E-state index is -3.66. The molecule has 0 amide bonds. The van der Waals surface area contributed by atoms with Gasteiger partial charge < -0.3 is 0 Å². The van der Waals surface area contributed by atoms with E-state index < -0.39 is 10.0 Å². The highest BCUT2D eigenvalue weighted by molar-refractivity contribution is 7.90. The zero-order valence-electron chi connectivity index (χ0n) is 15.6. The molecule has 0 saturated heterocycles. The van der Waals surface area contributed by atoms with Gasteiger partial charge in [0, 0.05) is 16.5 Å². The first kappa shape index (κ1) is 16.8. The summed E-state index contributed by atoms with van der Waals surface area (Å²) in [4.78, 5) is 0.357. The summed E-state index contributed by atoms with van der Waals surface area (Å²) in [6.45, 7) is 4.21. The maximum atomic E-state index is 13.7. The van der Waals surface area contributed by atoms with Gasteiger partial charge in [0.15, 0.2) is 0 Å². The maximum Gasteiger partial charge on any atom is 0.268 e. The molecule has 0 unspecified atom stereocenters. The molecule has 0 aliphatic heterocycles. The summed E-state index contributed by atoms with van der Waals surface area (Å²) >= 11 is 0. The first-order valence-electron chi connectivity index (χ1n) is 9.53. The first-order chi connectivity index (χ1) is 12.9. The van der Waals surface area contributed by atoms with Crippen molar-refractivity contribution in [3.63, 3.8) is 0 Å². The van der Waals surface area contributed by atoms with Crippen LogP contribution in [0.25, 0.3) is 10.9 Å². The van der Waals surface area contributed by atoms with Gasteiger partial charge in [-0.05, 0) is 55.9 Å². The van der Waals surface area contributed by atoms with Gasteiger partial charge in [-0.25, -0.2) is 12.4 Å². The summed E-state index contributed by atoms with van der Waals surface area (Å²) in [6, 6.07) is 15.1. The topological polar surface area (TPSA) is 39.1 Å². The Morgan fingerprint density at radius 3 is 2.56 bits per heavy atom. The van der Waals surface area contributed by atoms with Crippen LogP contribution in [-0.4, -0.2) is 12.4 Å². The van der Waals surface area contributed by atoms with E-state index in [1.807, 2.05) is 37.3 Å². The van der Waals surface area contributed by atoms with Gasteiger partial charge in [0.1, 0.15) is 0 Å². The number of allylic oxidation sites excluding steroid dienone is 2. The molecule has 3 nitrogen and oxygen atoms in total. The van der Waals surface area contributed by atoms with E-state index in [1.165, 1.54) is 5.56 Å². The van der Waals surface area contributed by atoms with Crippen LogP contribution >= 0.6 is 0 Å². The van der Waals surface area contributed by atoms with E-state index in [-0.39, 0.29) is 5.41 Å². The van der Waals surface area contributed by atoms with Crippen LogP contribution in [0.3, 0.4) is 0 Å². The molecule has 27 heavy (non-hydrogen) atoms. The monoisotopic (exact) mass is 377 g/mol. The molecule has 0 N–H and O–H groups in total. The molecule has 0 fully saturated rings. The van der Waals surface area contributed by atoms with Crippen LogP contribution in [0.15, 0.2) is 65.6 Å². The summed E-state index contributed by atoms with van der Waals surface area (Å²) < 4.78 is 29.1. The van der Waals surface area contributed by atoms with E-state index in [9.17, 15) is 8.42 Å². The number of aryl methyl sites for hydroxylation is 1. The molecule has 0 spiro atoms. The molecular weight excluding hydrogens is 354 g/mol. The van der Waals surface area contributed by atoms with Gasteiger partial charge >= 0.3 is 0 Å². The fourth-order valence-electron chi connectivity index (χ4n) is 4.99. The van der Waals surface area contributed by atoms with Crippen molar-refractivity contribution in [1.29, 1.82) is 0 Å². The SMILES string of the molecule is Cc1ccc(S(=O)(=O)n2c3c(c4ccccc42)C[C@@H]2CC=CC[C@@]32C)cc1. The van der Waals surface area contributed by atoms with Crippen molar-refractivity contribution < 1.29 is 8.42 Å². The summed E-state index contributed by atoms with van der Waals surface area (Å²) in [5, 5.41) is 1.08. The third kappa shape index (κ3) is 2.23. The maximum absolute atomic E-state index is 13.7. The molecule has 0 saturated carbocycles. The molecule has 0 radical (unpaired) electrons. The van der Waals surface area contributed by atoms with Crippen molar-refractivity contribution in [2.45, 2.75) is 43.4 Å². The highest BCUT2D eigenvalue weighted by atomic mass is 32.2. The number of fused-ring (bicyclic) bond motifs is 5. The minimum Gasteiger partial charge on any atom is -0.237 e. The van der Waals surface area contributed by atoms with Crippen LogP contribution in [0.4, 0.5) is 0 Å². The van der Waals surface area contributed by atoms with Gasteiger partial charge in [-0.2, -0.15) is 0 Å². The first-order valence-corrected chi connectivity index (χ1v) is 11.0. The quantitative estimate of drug-likeness (QED) is 0.592. The second-order valence-corrected chi connectivity index (χ2v) is 9.94. The van der Waals surface area contributed by atoms with E-state index >= 15 is 0 Å². The second-order valence-electron chi connectivity index (χ2n) is 8.16. The summed E-state index contributed by atoms with van der Waals surface area (Å²) in [5.41, 5.74) is 3.94. The Morgan fingerprint density at radius 2 is 1.78 bits per heavy atom. The Balaban J connectivity index is 1.85. The number of hydrogen-bond acceptors (Lipinski definition) is 2. The van der Waals surface area contributed by atoms with E-state index in [1.54, 1.807) is 16.1 Å². The lowest BCUT2D eigenvalue weighted by atomic mass is 9.72. The number of para-hydroxylation sites is 1. The molecule has 5 rings (SSSR count). The number of nitrogens with zero attached hydrogens (tertiary/aromatic N) is 1. The highest BCUT2D eigenvalue weighted by Crippen LogP contribution is 2.53. The molecule has 2 aliphatic rings. The van der Waals surface area contributed by atoms with Crippen molar-refractivity contribution in [3.05, 3.63) is 77.5 Å². The van der Waals surface area contributed by atoms with Crippen LogP contribution in [-0.2, 0) is 21.9 Å². The summed E-state index contributed by atoms with van der Waals surface area (Å²) in [6.07, 6.45) is 7.33. The molecule has 2 atom stereocenters. The lowest BCUT2D eigenvalue weighted by Crippen LogP contribution is -2.33. The zero-order chi connectivity index (χ0) is 18.8. The van der Waals surface area contributed by atoms with E-state index in [0.29, 0.717) is 10.8 Å². The van der Waals surface area contributed by atoms with Gasteiger partial charge in [-0.3, -0.25) is 0 Å². The van der Waals surface area contributed by atoms with Crippen LogP contribution < -0.4 is 0 Å². The molecule has 3 aromatic rings. The summed E-state index contributed by atoms with van der Waals surface area (Å²) in [5.74, 6) is 0.469. The van der Waals surface area contributed by atoms with Crippen LogP contribution in [0.1, 0.15) is 36.6 Å². The Labute approximate surface area is 160 Å². The van der Waals surface area contributed by atoms with Crippen molar-refractivity contribution in [1.82, 2.24) is 3.97 Å². The molecule has 138 valence electrons. The number of hydrogen-bond donors (Lipinski definition) is 0. The number of benzene rings is 2. The number of aromatic nitrogens is 1. The fraction of sp³-hybridized carbons (Fsp3) is 0.304. The fourth-order valence-corrected chi connectivity index (χ4v) is 6.65. The number of rotatable bonds is 2. The molecule has 0 bridgehead atoms. The third-order valence-electron chi connectivity index (χ3n) is 6.52. The lowest BCUT2D eigenvalue weighted by molar-refractivity contribution is 0.304. The molecular formula is C23H23NO2S. The average Bonchev–Trinajstić information content (AvgIpc) is 3.14.